The maximum Gasteiger partial charge on any atom is 0.323 e. The highest BCUT2D eigenvalue weighted by Gasteiger charge is 2.30. The van der Waals surface area contributed by atoms with Crippen LogP contribution in [-0.4, -0.2) is 30.1 Å². The third kappa shape index (κ3) is 3.70. The molecule has 0 saturated carbocycles. The van der Waals surface area contributed by atoms with Crippen LogP contribution in [0.4, 0.5) is 0 Å². The van der Waals surface area contributed by atoms with Crippen molar-refractivity contribution < 1.29 is 9.53 Å². The zero-order chi connectivity index (χ0) is 14.4. The third-order valence-corrected chi connectivity index (χ3v) is 3.75. The Morgan fingerprint density at radius 2 is 2.05 bits per heavy atom. The number of rotatable bonds is 5. The highest BCUT2D eigenvalue weighted by molar-refractivity contribution is 5.76. The third-order valence-electron chi connectivity index (χ3n) is 3.75. The summed E-state index contributed by atoms with van der Waals surface area (Å²) in [5.74, 6) is -0.0949. The van der Waals surface area contributed by atoms with E-state index in [4.69, 9.17) is 4.74 Å². The largest absolute Gasteiger partial charge is 0.465 e. The number of hydrogen-bond donors (Lipinski definition) is 0. The summed E-state index contributed by atoms with van der Waals surface area (Å²) in [5.41, 5.74) is 2.59. The fourth-order valence-corrected chi connectivity index (χ4v) is 2.59. The van der Waals surface area contributed by atoms with Crippen LogP contribution in [-0.2, 0) is 16.1 Å². The lowest BCUT2D eigenvalue weighted by atomic mass is 9.97. The van der Waals surface area contributed by atoms with Crippen LogP contribution >= 0.6 is 0 Å². The van der Waals surface area contributed by atoms with Crippen molar-refractivity contribution in [1.82, 2.24) is 4.90 Å². The number of nitrogens with zero attached hydrogens (tertiary/aromatic N) is 1. The van der Waals surface area contributed by atoms with Crippen molar-refractivity contribution in [3.05, 3.63) is 47.5 Å². The van der Waals surface area contributed by atoms with Crippen LogP contribution in [0.1, 0.15) is 32.3 Å². The van der Waals surface area contributed by atoms with Gasteiger partial charge in [0.15, 0.2) is 0 Å². The van der Waals surface area contributed by atoms with E-state index in [0.717, 1.165) is 25.9 Å². The van der Waals surface area contributed by atoms with Gasteiger partial charge in [0.1, 0.15) is 6.04 Å². The first-order valence-electron chi connectivity index (χ1n) is 7.37. The summed E-state index contributed by atoms with van der Waals surface area (Å²) in [5, 5.41) is 0. The lowest BCUT2D eigenvalue weighted by Gasteiger charge is -2.33. The van der Waals surface area contributed by atoms with Gasteiger partial charge in [-0.3, -0.25) is 9.69 Å². The second-order valence-corrected chi connectivity index (χ2v) is 5.10. The standard InChI is InChI=1S/C17H23NO2/c1-3-14-10-11-18(13-15-8-6-5-7-9-15)16(12-14)17(19)20-4-2/h5-10,16H,3-4,11-13H2,1-2H3. The molecule has 3 heteroatoms. The average molecular weight is 273 g/mol. The molecular weight excluding hydrogens is 250 g/mol. The predicted molar refractivity (Wildman–Crippen MR) is 80.3 cm³/mol. The Kier molecular flexibility index (Phi) is 5.36. The number of esters is 1. The van der Waals surface area contributed by atoms with Crippen LogP contribution in [0.5, 0.6) is 0 Å². The molecule has 1 aromatic carbocycles. The van der Waals surface area contributed by atoms with Crippen LogP contribution in [0.15, 0.2) is 42.0 Å². The van der Waals surface area contributed by atoms with Gasteiger partial charge in [0.05, 0.1) is 6.61 Å². The van der Waals surface area contributed by atoms with Crippen molar-refractivity contribution >= 4 is 5.97 Å². The first kappa shape index (κ1) is 14.8. The molecule has 1 atom stereocenters. The normalized spacial score (nSPS) is 19.5. The molecular formula is C17H23NO2. The van der Waals surface area contributed by atoms with Crippen molar-refractivity contribution in [3.8, 4) is 0 Å². The van der Waals surface area contributed by atoms with Gasteiger partial charge in [0.2, 0.25) is 0 Å². The molecule has 1 aliphatic rings. The van der Waals surface area contributed by atoms with Gasteiger partial charge < -0.3 is 4.74 Å². The van der Waals surface area contributed by atoms with Gasteiger partial charge in [-0.25, -0.2) is 0 Å². The molecule has 0 saturated heterocycles. The summed E-state index contributed by atoms with van der Waals surface area (Å²) in [6.45, 7) is 6.05. The van der Waals surface area contributed by atoms with Gasteiger partial charge in [-0.2, -0.15) is 0 Å². The Labute approximate surface area is 121 Å². The molecule has 20 heavy (non-hydrogen) atoms. The second-order valence-electron chi connectivity index (χ2n) is 5.10. The smallest absolute Gasteiger partial charge is 0.323 e. The molecule has 0 spiro atoms. The van der Waals surface area contributed by atoms with Crippen LogP contribution in [0.2, 0.25) is 0 Å². The maximum atomic E-state index is 12.2. The first-order chi connectivity index (χ1) is 9.74. The molecule has 3 nitrogen and oxygen atoms in total. The Bertz CT molecular complexity index is 467. The van der Waals surface area contributed by atoms with E-state index >= 15 is 0 Å². The van der Waals surface area contributed by atoms with Crippen molar-refractivity contribution in [3.63, 3.8) is 0 Å². The highest BCUT2D eigenvalue weighted by atomic mass is 16.5. The van der Waals surface area contributed by atoms with E-state index in [0.29, 0.717) is 6.61 Å². The molecule has 0 fully saturated rings. The van der Waals surface area contributed by atoms with E-state index in [1.165, 1.54) is 11.1 Å². The van der Waals surface area contributed by atoms with Crippen LogP contribution < -0.4 is 0 Å². The lowest BCUT2D eigenvalue weighted by molar-refractivity contribution is -0.149. The average Bonchev–Trinajstić information content (AvgIpc) is 2.49. The molecule has 1 unspecified atom stereocenters. The van der Waals surface area contributed by atoms with E-state index in [9.17, 15) is 4.79 Å². The van der Waals surface area contributed by atoms with Gasteiger partial charge in [-0.15, -0.1) is 0 Å². The zero-order valence-corrected chi connectivity index (χ0v) is 12.3. The van der Waals surface area contributed by atoms with E-state index in [1.54, 1.807) is 0 Å². The number of benzene rings is 1. The van der Waals surface area contributed by atoms with E-state index < -0.39 is 0 Å². The van der Waals surface area contributed by atoms with Crippen molar-refractivity contribution in [1.29, 1.82) is 0 Å². The van der Waals surface area contributed by atoms with Gasteiger partial charge in [-0.1, -0.05) is 48.9 Å². The summed E-state index contributed by atoms with van der Waals surface area (Å²) in [6.07, 6.45) is 4.05. The van der Waals surface area contributed by atoms with Gasteiger partial charge in [0.25, 0.3) is 0 Å². The molecule has 2 rings (SSSR count). The number of carbonyl (C=O) groups is 1. The molecule has 0 radical (unpaired) electrons. The zero-order valence-electron chi connectivity index (χ0n) is 12.3. The molecule has 1 aromatic rings. The minimum atomic E-state index is -0.143. The Balaban J connectivity index is 2.11. The second kappa shape index (κ2) is 7.25. The molecule has 0 aromatic heterocycles. The van der Waals surface area contributed by atoms with Crippen LogP contribution in [0, 0.1) is 0 Å². The van der Waals surface area contributed by atoms with Gasteiger partial charge >= 0.3 is 5.97 Å². The summed E-state index contributed by atoms with van der Waals surface area (Å²) < 4.78 is 5.23. The Morgan fingerprint density at radius 3 is 2.70 bits per heavy atom. The minimum Gasteiger partial charge on any atom is -0.465 e. The van der Waals surface area contributed by atoms with Crippen molar-refractivity contribution in [2.24, 2.45) is 0 Å². The Morgan fingerprint density at radius 1 is 1.30 bits per heavy atom. The molecule has 1 heterocycles. The number of ether oxygens (including phenoxy) is 1. The number of hydrogen-bond acceptors (Lipinski definition) is 3. The van der Waals surface area contributed by atoms with Crippen molar-refractivity contribution in [2.75, 3.05) is 13.2 Å². The minimum absolute atomic E-state index is 0.0949. The lowest BCUT2D eigenvalue weighted by Crippen LogP contribution is -2.44. The summed E-state index contributed by atoms with van der Waals surface area (Å²) in [7, 11) is 0. The van der Waals surface area contributed by atoms with Crippen molar-refractivity contribution in [2.45, 2.75) is 39.3 Å². The first-order valence-corrected chi connectivity index (χ1v) is 7.37. The fourth-order valence-electron chi connectivity index (χ4n) is 2.59. The molecule has 0 N–H and O–H groups in total. The Hall–Kier alpha value is -1.61. The van der Waals surface area contributed by atoms with Crippen LogP contribution in [0.3, 0.4) is 0 Å². The maximum absolute atomic E-state index is 12.2. The van der Waals surface area contributed by atoms with Crippen LogP contribution in [0.25, 0.3) is 0 Å². The summed E-state index contributed by atoms with van der Waals surface area (Å²) in [6, 6.07) is 10.1. The molecule has 0 bridgehead atoms. The van der Waals surface area contributed by atoms with E-state index in [2.05, 4.69) is 30.0 Å². The molecule has 0 amide bonds. The van der Waals surface area contributed by atoms with E-state index in [-0.39, 0.29) is 12.0 Å². The monoisotopic (exact) mass is 273 g/mol. The van der Waals surface area contributed by atoms with Gasteiger partial charge in [-0.05, 0) is 25.3 Å². The quantitative estimate of drug-likeness (QED) is 0.609. The summed E-state index contributed by atoms with van der Waals surface area (Å²) >= 11 is 0. The molecule has 0 aliphatic carbocycles. The topological polar surface area (TPSA) is 29.5 Å². The molecule has 1 aliphatic heterocycles. The SMILES string of the molecule is CCOC(=O)C1CC(CC)=CCN1Cc1ccccc1. The highest BCUT2D eigenvalue weighted by Crippen LogP contribution is 2.23. The summed E-state index contributed by atoms with van der Waals surface area (Å²) in [4.78, 5) is 14.4. The van der Waals surface area contributed by atoms with Gasteiger partial charge in [0, 0.05) is 13.1 Å². The molecule has 108 valence electrons. The fraction of sp³-hybridized carbons (Fsp3) is 0.471. The number of carbonyl (C=O) groups excluding carboxylic acids is 1. The van der Waals surface area contributed by atoms with E-state index in [1.807, 2.05) is 25.1 Å². The predicted octanol–water partition coefficient (Wildman–Crippen LogP) is 3.16.